The smallest absolute Gasteiger partial charge is 0.244 e. The average Bonchev–Trinajstić information content (AvgIpc) is 3.13. The van der Waals surface area contributed by atoms with Crippen LogP contribution in [0, 0.1) is 0 Å². The zero-order valence-corrected chi connectivity index (χ0v) is 18.5. The molecule has 0 radical (unpaired) electrons. The number of hydrogen-bond acceptors (Lipinski definition) is 5. The summed E-state index contributed by atoms with van der Waals surface area (Å²) in [6.07, 6.45) is 3.71. The van der Waals surface area contributed by atoms with Crippen molar-refractivity contribution >= 4 is 23.6 Å². The summed E-state index contributed by atoms with van der Waals surface area (Å²) >= 11 is 6.24. The summed E-state index contributed by atoms with van der Waals surface area (Å²) in [6, 6.07) is 13.3. The molecule has 31 heavy (non-hydrogen) atoms. The van der Waals surface area contributed by atoms with Gasteiger partial charge in [0.2, 0.25) is 5.91 Å². The molecular formula is C23H25ClN4O3. The van der Waals surface area contributed by atoms with Crippen LogP contribution in [0.5, 0.6) is 11.5 Å². The molecule has 0 bridgehead atoms. The Balaban J connectivity index is 1.57. The van der Waals surface area contributed by atoms with Crippen LogP contribution in [-0.4, -0.2) is 40.9 Å². The van der Waals surface area contributed by atoms with Crippen LogP contribution in [0.2, 0.25) is 5.02 Å². The summed E-state index contributed by atoms with van der Waals surface area (Å²) in [7, 11) is 3.38. The van der Waals surface area contributed by atoms with Crippen LogP contribution >= 0.6 is 11.6 Å². The van der Waals surface area contributed by atoms with E-state index in [0.717, 1.165) is 17.0 Å². The molecule has 3 rings (SSSR count). The highest BCUT2D eigenvalue weighted by Crippen LogP contribution is 2.36. The Kier molecular flexibility index (Phi) is 7.67. The standard InChI is InChI=1S/C23H25ClN4O3/c1-4-31-19-15-16(14-18(24)22(19)30-3)10-11-21(29)25-13-12-20-26-23(27-28(20)2)17-8-6-5-7-9-17/h5-11,14-15H,4,12-13H2,1-3H3,(H,25,29)/b11-10+. The molecule has 1 heterocycles. The second-order valence-electron chi connectivity index (χ2n) is 6.68. The van der Waals surface area contributed by atoms with E-state index in [1.807, 2.05) is 44.3 Å². The van der Waals surface area contributed by atoms with Crippen molar-refractivity contribution in [1.29, 1.82) is 0 Å². The lowest BCUT2D eigenvalue weighted by Crippen LogP contribution is -2.24. The summed E-state index contributed by atoms with van der Waals surface area (Å²) in [4.78, 5) is 16.8. The molecule has 0 aliphatic carbocycles. The van der Waals surface area contributed by atoms with Gasteiger partial charge in [0.05, 0.1) is 18.7 Å². The van der Waals surface area contributed by atoms with Crippen molar-refractivity contribution in [2.24, 2.45) is 7.05 Å². The van der Waals surface area contributed by atoms with Gasteiger partial charge < -0.3 is 14.8 Å². The number of methoxy groups -OCH3 is 1. The van der Waals surface area contributed by atoms with Crippen LogP contribution in [0.3, 0.4) is 0 Å². The predicted molar refractivity (Wildman–Crippen MR) is 121 cm³/mol. The van der Waals surface area contributed by atoms with Gasteiger partial charge in [0.25, 0.3) is 0 Å². The van der Waals surface area contributed by atoms with E-state index in [1.165, 1.54) is 13.2 Å². The molecule has 0 fully saturated rings. The monoisotopic (exact) mass is 440 g/mol. The molecule has 1 aromatic heterocycles. The minimum absolute atomic E-state index is 0.213. The van der Waals surface area contributed by atoms with Gasteiger partial charge in [-0.1, -0.05) is 41.9 Å². The van der Waals surface area contributed by atoms with Crippen LogP contribution in [-0.2, 0) is 18.3 Å². The van der Waals surface area contributed by atoms with E-state index < -0.39 is 0 Å². The summed E-state index contributed by atoms with van der Waals surface area (Å²) in [6.45, 7) is 2.80. The Labute approximate surface area is 186 Å². The SMILES string of the molecule is CCOc1cc(/C=C/C(=O)NCCc2nc(-c3ccccc3)nn2C)cc(Cl)c1OC. The number of nitrogens with zero attached hydrogens (tertiary/aromatic N) is 3. The lowest BCUT2D eigenvalue weighted by atomic mass is 10.2. The maximum absolute atomic E-state index is 12.2. The first-order valence-electron chi connectivity index (χ1n) is 9.93. The van der Waals surface area contributed by atoms with Crippen LogP contribution in [0.1, 0.15) is 18.3 Å². The van der Waals surface area contributed by atoms with Crippen LogP contribution < -0.4 is 14.8 Å². The van der Waals surface area contributed by atoms with Gasteiger partial charge in [-0.25, -0.2) is 4.98 Å². The number of aryl methyl sites for hydroxylation is 1. The molecule has 0 saturated heterocycles. The molecule has 1 amide bonds. The number of ether oxygens (including phenoxy) is 2. The van der Waals surface area contributed by atoms with Crippen LogP contribution in [0.25, 0.3) is 17.5 Å². The predicted octanol–water partition coefficient (Wildman–Crippen LogP) is 3.91. The van der Waals surface area contributed by atoms with Gasteiger partial charge in [0.1, 0.15) is 5.82 Å². The largest absolute Gasteiger partial charge is 0.491 e. The van der Waals surface area contributed by atoms with Crippen molar-refractivity contribution in [2.75, 3.05) is 20.3 Å². The van der Waals surface area contributed by atoms with Crippen molar-refractivity contribution in [3.05, 3.63) is 65.0 Å². The third-order valence-corrected chi connectivity index (χ3v) is 4.78. The topological polar surface area (TPSA) is 78.3 Å². The molecule has 2 aromatic carbocycles. The van der Waals surface area contributed by atoms with Gasteiger partial charge >= 0.3 is 0 Å². The fraction of sp³-hybridized carbons (Fsp3) is 0.261. The minimum Gasteiger partial charge on any atom is -0.491 e. The lowest BCUT2D eigenvalue weighted by molar-refractivity contribution is -0.116. The fourth-order valence-electron chi connectivity index (χ4n) is 3.02. The number of nitrogens with one attached hydrogen (secondary N) is 1. The molecule has 0 aliphatic rings. The first kappa shape index (κ1) is 22.4. The number of rotatable bonds is 9. The number of benzene rings is 2. The summed E-state index contributed by atoms with van der Waals surface area (Å²) in [5.74, 6) is 2.27. The summed E-state index contributed by atoms with van der Waals surface area (Å²) in [5.41, 5.74) is 1.70. The van der Waals surface area contributed by atoms with Crippen molar-refractivity contribution in [3.8, 4) is 22.9 Å². The number of carbonyl (C=O) groups excluding carboxylic acids is 1. The van der Waals surface area contributed by atoms with E-state index >= 15 is 0 Å². The Morgan fingerprint density at radius 1 is 1.26 bits per heavy atom. The Morgan fingerprint density at radius 3 is 2.74 bits per heavy atom. The van der Waals surface area contributed by atoms with Gasteiger partial charge in [0, 0.05) is 31.7 Å². The van der Waals surface area contributed by atoms with E-state index in [-0.39, 0.29) is 5.91 Å². The van der Waals surface area contributed by atoms with Gasteiger partial charge in [-0.3, -0.25) is 9.48 Å². The molecule has 0 saturated carbocycles. The first-order valence-corrected chi connectivity index (χ1v) is 10.3. The van der Waals surface area contributed by atoms with Crippen molar-refractivity contribution in [2.45, 2.75) is 13.3 Å². The van der Waals surface area contributed by atoms with Gasteiger partial charge in [0.15, 0.2) is 17.3 Å². The quantitative estimate of drug-likeness (QED) is 0.510. The van der Waals surface area contributed by atoms with E-state index in [0.29, 0.717) is 41.9 Å². The Hall–Kier alpha value is -3.32. The Morgan fingerprint density at radius 2 is 2.03 bits per heavy atom. The number of aromatic nitrogens is 3. The van der Waals surface area contributed by atoms with Crippen LogP contribution in [0.15, 0.2) is 48.5 Å². The van der Waals surface area contributed by atoms with Crippen LogP contribution in [0.4, 0.5) is 0 Å². The normalized spacial score (nSPS) is 11.0. The highest BCUT2D eigenvalue weighted by atomic mass is 35.5. The minimum atomic E-state index is -0.213. The molecule has 0 atom stereocenters. The van der Waals surface area contributed by atoms with Crippen molar-refractivity contribution < 1.29 is 14.3 Å². The van der Waals surface area contributed by atoms with Crippen molar-refractivity contribution in [1.82, 2.24) is 20.1 Å². The molecular weight excluding hydrogens is 416 g/mol. The van der Waals surface area contributed by atoms with Gasteiger partial charge in [-0.15, -0.1) is 0 Å². The first-order chi connectivity index (χ1) is 15.0. The number of amides is 1. The highest BCUT2D eigenvalue weighted by molar-refractivity contribution is 6.32. The number of hydrogen-bond donors (Lipinski definition) is 1. The molecule has 8 heteroatoms. The fourth-order valence-corrected chi connectivity index (χ4v) is 3.31. The summed E-state index contributed by atoms with van der Waals surface area (Å²) in [5, 5.41) is 7.72. The molecule has 0 aliphatic heterocycles. The lowest BCUT2D eigenvalue weighted by Gasteiger charge is -2.11. The number of carbonyl (C=O) groups is 1. The summed E-state index contributed by atoms with van der Waals surface area (Å²) < 4.78 is 12.6. The van der Waals surface area contributed by atoms with Crippen molar-refractivity contribution in [3.63, 3.8) is 0 Å². The van der Waals surface area contributed by atoms with Gasteiger partial charge in [-0.2, -0.15) is 5.10 Å². The van der Waals surface area contributed by atoms with E-state index in [2.05, 4.69) is 15.4 Å². The Bertz CT molecular complexity index is 1060. The molecule has 0 spiro atoms. The molecule has 1 N–H and O–H groups in total. The van der Waals surface area contributed by atoms with E-state index in [1.54, 1.807) is 22.9 Å². The molecule has 162 valence electrons. The zero-order chi connectivity index (χ0) is 22.2. The third-order valence-electron chi connectivity index (χ3n) is 4.50. The van der Waals surface area contributed by atoms with Gasteiger partial charge in [-0.05, 0) is 30.7 Å². The van der Waals surface area contributed by atoms with E-state index in [4.69, 9.17) is 21.1 Å². The molecule has 7 nitrogen and oxygen atoms in total. The zero-order valence-electron chi connectivity index (χ0n) is 17.8. The second kappa shape index (κ2) is 10.6. The third kappa shape index (κ3) is 5.86. The maximum Gasteiger partial charge on any atom is 0.244 e. The van der Waals surface area contributed by atoms with E-state index in [9.17, 15) is 4.79 Å². The second-order valence-corrected chi connectivity index (χ2v) is 7.09. The average molecular weight is 441 g/mol. The molecule has 3 aromatic rings. The number of halogens is 1. The maximum atomic E-state index is 12.2. The highest BCUT2D eigenvalue weighted by Gasteiger charge is 2.11. The molecule has 0 unspecified atom stereocenters.